The predicted octanol–water partition coefficient (Wildman–Crippen LogP) is 6.74. The Labute approximate surface area is 302 Å². The van der Waals surface area contributed by atoms with Crippen molar-refractivity contribution < 1.29 is 0 Å². The number of benzene rings is 2. The van der Waals surface area contributed by atoms with Gasteiger partial charge in [0.1, 0.15) is 22.9 Å². The third-order valence-corrected chi connectivity index (χ3v) is 12.2. The van der Waals surface area contributed by atoms with Crippen LogP contribution in [0.2, 0.25) is 0 Å². The predicted molar refractivity (Wildman–Crippen MR) is 204 cm³/mol. The Morgan fingerprint density at radius 1 is 0.500 bits per heavy atom. The average Bonchev–Trinajstić information content (AvgIpc) is 4.03. The molecule has 0 amide bonds. The van der Waals surface area contributed by atoms with E-state index in [2.05, 4.69) is 111 Å². The lowest BCUT2D eigenvalue weighted by Crippen LogP contribution is -2.30. The third kappa shape index (κ3) is 5.15. The molecule has 52 heavy (non-hydrogen) atoms. The first-order chi connectivity index (χ1) is 25.7. The molecule has 2 saturated heterocycles. The van der Waals surface area contributed by atoms with Crippen LogP contribution in [-0.2, 0) is 25.9 Å². The van der Waals surface area contributed by atoms with Gasteiger partial charge in [0.05, 0.1) is 22.1 Å². The highest BCUT2D eigenvalue weighted by atomic mass is 15.2. The molecule has 0 spiro atoms. The third-order valence-electron chi connectivity index (χ3n) is 12.2. The highest BCUT2D eigenvalue weighted by Crippen LogP contribution is 2.31. The van der Waals surface area contributed by atoms with E-state index in [1.165, 1.54) is 83.7 Å². The SMILES string of the molecule is c1cn2cc(-c3ccc4c(c3)nc3n4CCN4CCC[C@@H]4C3)ccc2n1.c1cn2cc(-c3ccc4c(c3)nc3n4CCN4CCC[C@H]4C3)ccc2n1. The zero-order valence-electron chi connectivity index (χ0n) is 29.3. The summed E-state index contributed by atoms with van der Waals surface area (Å²) in [6.45, 7) is 6.94. The molecule has 10 heteroatoms. The molecule has 6 aromatic heterocycles. The summed E-state index contributed by atoms with van der Waals surface area (Å²) in [4.78, 5) is 24.0. The smallest absolute Gasteiger partial charge is 0.136 e. The van der Waals surface area contributed by atoms with Crippen LogP contribution in [0, 0.1) is 0 Å². The first-order valence-electron chi connectivity index (χ1n) is 19.0. The van der Waals surface area contributed by atoms with Gasteiger partial charge in [-0.2, -0.15) is 0 Å². The molecule has 2 atom stereocenters. The van der Waals surface area contributed by atoms with Crippen molar-refractivity contribution in [1.82, 2.24) is 47.7 Å². The Morgan fingerprint density at radius 2 is 0.981 bits per heavy atom. The molecule has 2 fully saturated rings. The Kier molecular flexibility index (Phi) is 7.08. The molecule has 8 aromatic rings. The van der Waals surface area contributed by atoms with Crippen LogP contribution in [-0.4, -0.2) is 85.9 Å². The number of aromatic nitrogens is 8. The van der Waals surface area contributed by atoms with Crippen molar-refractivity contribution in [2.45, 2.75) is 63.7 Å². The van der Waals surface area contributed by atoms with Crippen molar-refractivity contribution in [2.24, 2.45) is 0 Å². The van der Waals surface area contributed by atoms with Gasteiger partial charge in [-0.15, -0.1) is 0 Å². The van der Waals surface area contributed by atoms with Crippen molar-refractivity contribution in [3.05, 3.63) is 109 Å². The monoisotopic (exact) mass is 686 g/mol. The summed E-state index contributed by atoms with van der Waals surface area (Å²) >= 11 is 0. The standard InChI is InChI=1S/2C21H21N5/c2*1-2-17-13-21-23-18-12-15(16-4-6-20-22-7-9-25(20)14-16)3-5-19(18)26(21)11-10-24(17)8-1/h2*3-7,9,12,14,17H,1-2,8,10-11,13H2/t2*17-/m10/s1. The largest absolute Gasteiger partial charge is 0.327 e. The molecule has 0 bridgehead atoms. The second kappa shape index (κ2) is 12.1. The molecule has 4 aliphatic rings. The number of pyridine rings is 2. The maximum Gasteiger partial charge on any atom is 0.136 e. The highest BCUT2D eigenvalue weighted by molar-refractivity contribution is 5.84. The van der Waals surface area contributed by atoms with Gasteiger partial charge in [-0.3, -0.25) is 9.80 Å². The van der Waals surface area contributed by atoms with Gasteiger partial charge >= 0.3 is 0 Å². The molecule has 0 unspecified atom stereocenters. The summed E-state index contributed by atoms with van der Waals surface area (Å²) in [5, 5.41) is 0. The van der Waals surface area contributed by atoms with Gasteiger partial charge in [0.25, 0.3) is 0 Å². The fourth-order valence-corrected chi connectivity index (χ4v) is 9.43. The van der Waals surface area contributed by atoms with E-state index in [4.69, 9.17) is 9.97 Å². The molecule has 0 radical (unpaired) electrons. The summed E-state index contributed by atoms with van der Waals surface area (Å²) in [7, 11) is 0. The van der Waals surface area contributed by atoms with E-state index in [9.17, 15) is 0 Å². The molecule has 10 nitrogen and oxygen atoms in total. The second-order valence-electron chi connectivity index (χ2n) is 15.1. The molecule has 4 aliphatic heterocycles. The number of fused-ring (bicyclic) bond motifs is 10. The lowest BCUT2D eigenvalue weighted by Gasteiger charge is -2.20. The number of hydrogen-bond acceptors (Lipinski definition) is 6. The highest BCUT2D eigenvalue weighted by Gasteiger charge is 2.31. The topological polar surface area (TPSA) is 76.7 Å². The van der Waals surface area contributed by atoms with E-state index in [0.29, 0.717) is 12.1 Å². The second-order valence-corrected chi connectivity index (χ2v) is 15.1. The van der Waals surface area contributed by atoms with Crippen LogP contribution in [0.3, 0.4) is 0 Å². The maximum absolute atomic E-state index is 5.03. The molecule has 0 saturated carbocycles. The molecule has 10 heterocycles. The van der Waals surface area contributed by atoms with Gasteiger partial charge in [-0.1, -0.05) is 12.1 Å². The van der Waals surface area contributed by atoms with Gasteiger partial charge < -0.3 is 17.9 Å². The summed E-state index contributed by atoms with van der Waals surface area (Å²) in [5.41, 5.74) is 11.6. The van der Waals surface area contributed by atoms with Crippen LogP contribution in [0.15, 0.2) is 97.8 Å². The number of rotatable bonds is 2. The van der Waals surface area contributed by atoms with Crippen molar-refractivity contribution in [2.75, 3.05) is 26.2 Å². The van der Waals surface area contributed by atoms with E-state index in [1.54, 1.807) is 0 Å². The zero-order valence-corrected chi connectivity index (χ0v) is 29.3. The summed E-state index contributed by atoms with van der Waals surface area (Å²) in [6, 6.07) is 23.2. The van der Waals surface area contributed by atoms with Gasteiger partial charge in [0.2, 0.25) is 0 Å². The van der Waals surface area contributed by atoms with Crippen LogP contribution in [0.4, 0.5) is 0 Å². The minimum atomic E-state index is 0.691. The van der Waals surface area contributed by atoms with E-state index >= 15 is 0 Å². The van der Waals surface area contributed by atoms with Gasteiger partial charge in [-0.05, 0) is 110 Å². The Hall–Kier alpha value is -5.32. The van der Waals surface area contributed by atoms with E-state index < -0.39 is 0 Å². The fraction of sp³-hybridized carbons (Fsp3) is 0.333. The minimum Gasteiger partial charge on any atom is -0.327 e. The molecule has 2 aromatic carbocycles. The van der Waals surface area contributed by atoms with Crippen molar-refractivity contribution >= 4 is 33.4 Å². The fourth-order valence-electron chi connectivity index (χ4n) is 9.43. The van der Waals surface area contributed by atoms with Crippen LogP contribution in [0.25, 0.3) is 55.6 Å². The van der Waals surface area contributed by atoms with Crippen LogP contribution >= 0.6 is 0 Å². The maximum atomic E-state index is 5.03. The number of hydrogen-bond donors (Lipinski definition) is 0. The number of imidazole rings is 4. The first kappa shape index (κ1) is 30.3. The van der Waals surface area contributed by atoms with Gasteiger partial charge in [0, 0.05) is 88.3 Å². The molecular formula is C42H42N10. The summed E-state index contributed by atoms with van der Waals surface area (Å²) in [6.07, 6.45) is 19.4. The molecular weight excluding hydrogens is 645 g/mol. The summed E-state index contributed by atoms with van der Waals surface area (Å²) < 4.78 is 9.01. The lowest BCUT2D eigenvalue weighted by atomic mass is 10.1. The Balaban J connectivity index is 0.000000123. The molecule has 260 valence electrons. The molecule has 12 rings (SSSR count). The Bertz CT molecular complexity index is 2420. The van der Waals surface area contributed by atoms with Crippen molar-refractivity contribution in [3.63, 3.8) is 0 Å². The summed E-state index contributed by atoms with van der Waals surface area (Å²) in [5.74, 6) is 2.52. The van der Waals surface area contributed by atoms with Gasteiger partial charge in [0.15, 0.2) is 0 Å². The van der Waals surface area contributed by atoms with Crippen LogP contribution < -0.4 is 0 Å². The van der Waals surface area contributed by atoms with Gasteiger partial charge in [-0.25, -0.2) is 19.9 Å². The van der Waals surface area contributed by atoms with Crippen LogP contribution in [0.1, 0.15) is 37.3 Å². The zero-order chi connectivity index (χ0) is 34.2. The first-order valence-corrected chi connectivity index (χ1v) is 19.0. The molecule has 0 aliphatic carbocycles. The van der Waals surface area contributed by atoms with Crippen molar-refractivity contribution in [1.29, 1.82) is 0 Å². The van der Waals surface area contributed by atoms with E-state index in [1.807, 2.05) is 24.8 Å². The van der Waals surface area contributed by atoms with E-state index in [-0.39, 0.29) is 0 Å². The molecule has 0 N–H and O–H groups in total. The Morgan fingerprint density at radius 3 is 1.48 bits per heavy atom. The van der Waals surface area contributed by atoms with Crippen LogP contribution in [0.5, 0.6) is 0 Å². The van der Waals surface area contributed by atoms with Crippen molar-refractivity contribution in [3.8, 4) is 22.3 Å². The lowest BCUT2D eigenvalue weighted by molar-refractivity contribution is 0.258. The average molecular weight is 687 g/mol. The van der Waals surface area contributed by atoms with E-state index in [0.717, 1.165) is 61.3 Å². The number of nitrogens with zero attached hydrogens (tertiary/aromatic N) is 10. The normalized spacial score (nSPS) is 20.4. The minimum absolute atomic E-state index is 0.691. The quantitative estimate of drug-likeness (QED) is 0.201.